The van der Waals surface area contributed by atoms with Gasteiger partial charge in [0, 0.05) is 11.4 Å². The molecule has 3 aromatic carbocycles. The number of carbonyl (C=O) groups is 4. The third kappa shape index (κ3) is 5.09. The number of hydrogen-bond donors (Lipinski definition) is 2. The number of amides is 4. The molecule has 0 fully saturated rings. The van der Waals surface area contributed by atoms with Crippen LogP contribution in [0, 0.1) is 19.8 Å². The van der Waals surface area contributed by atoms with Crippen molar-refractivity contribution in [3.8, 4) is 11.1 Å². The Hall–Kier alpha value is -4.46. The minimum Gasteiger partial charge on any atom is -0.467 e. The van der Waals surface area contributed by atoms with Crippen LogP contribution in [0.1, 0.15) is 45.7 Å². The molecule has 1 aliphatic heterocycles. The maximum Gasteiger partial charge on any atom is 0.329 e. The van der Waals surface area contributed by atoms with Crippen molar-refractivity contribution in [2.24, 2.45) is 5.92 Å². The number of rotatable bonds is 6. The lowest BCUT2D eigenvalue weighted by Crippen LogP contribution is -2.48. The number of carbonyl (C=O) groups excluding carboxylic acids is 4. The highest BCUT2D eigenvalue weighted by molar-refractivity contribution is 6.23. The van der Waals surface area contributed by atoms with Gasteiger partial charge in [0.1, 0.15) is 6.04 Å². The van der Waals surface area contributed by atoms with Crippen LogP contribution in [0.15, 0.2) is 60.7 Å². The fraction of sp³-hybridized carbons (Fsp3) is 0.241. The van der Waals surface area contributed by atoms with E-state index in [1.54, 1.807) is 44.2 Å². The van der Waals surface area contributed by atoms with Crippen LogP contribution in [0.25, 0.3) is 11.1 Å². The molecule has 2 N–H and O–H groups in total. The number of urea groups is 1. The summed E-state index contributed by atoms with van der Waals surface area (Å²) in [6.07, 6.45) is 0. The second-order valence-corrected chi connectivity index (χ2v) is 9.41. The lowest BCUT2D eigenvalue weighted by atomic mass is 10.00. The molecule has 37 heavy (non-hydrogen) atoms. The van der Waals surface area contributed by atoms with E-state index in [4.69, 9.17) is 4.74 Å². The van der Waals surface area contributed by atoms with Crippen LogP contribution in [0.4, 0.5) is 16.2 Å². The van der Waals surface area contributed by atoms with E-state index in [-0.39, 0.29) is 23.1 Å². The van der Waals surface area contributed by atoms with Gasteiger partial charge in [-0.3, -0.25) is 14.5 Å². The molecule has 1 unspecified atom stereocenters. The first-order valence-corrected chi connectivity index (χ1v) is 12.0. The van der Waals surface area contributed by atoms with Crippen LogP contribution in [-0.4, -0.2) is 41.9 Å². The van der Waals surface area contributed by atoms with Crippen LogP contribution in [0.5, 0.6) is 0 Å². The molecule has 0 saturated heterocycles. The van der Waals surface area contributed by atoms with E-state index in [1.165, 1.54) is 7.11 Å². The molecule has 4 amide bonds. The highest BCUT2D eigenvalue weighted by Gasteiger charge is 2.44. The molecule has 0 aliphatic carbocycles. The maximum atomic E-state index is 13.2. The third-order valence-electron chi connectivity index (χ3n) is 6.51. The molecule has 0 spiro atoms. The minimum atomic E-state index is -0.999. The average Bonchev–Trinajstić information content (AvgIpc) is 3.11. The van der Waals surface area contributed by atoms with Crippen molar-refractivity contribution in [2.75, 3.05) is 17.7 Å². The summed E-state index contributed by atoms with van der Waals surface area (Å²) in [5.41, 5.74) is 5.57. The van der Waals surface area contributed by atoms with Gasteiger partial charge in [0.15, 0.2) is 0 Å². The fourth-order valence-electron chi connectivity index (χ4n) is 4.35. The summed E-state index contributed by atoms with van der Waals surface area (Å²) in [5.74, 6) is -1.96. The van der Waals surface area contributed by atoms with Gasteiger partial charge in [-0.05, 0) is 78.4 Å². The summed E-state index contributed by atoms with van der Waals surface area (Å²) in [7, 11) is 1.24. The van der Waals surface area contributed by atoms with Gasteiger partial charge in [-0.2, -0.15) is 0 Å². The zero-order chi connectivity index (χ0) is 26.9. The zero-order valence-corrected chi connectivity index (χ0v) is 21.4. The van der Waals surface area contributed by atoms with Crippen molar-refractivity contribution < 1.29 is 23.9 Å². The number of esters is 1. The molecule has 1 heterocycles. The first kappa shape index (κ1) is 25.6. The van der Waals surface area contributed by atoms with Crippen LogP contribution >= 0.6 is 0 Å². The molecule has 0 bridgehead atoms. The van der Waals surface area contributed by atoms with Gasteiger partial charge >= 0.3 is 12.0 Å². The Labute approximate surface area is 215 Å². The third-order valence-corrected chi connectivity index (χ3v) is 6.51. The topological polar surface area (TPSA) is 105 Å². The molecule has 4 rings (SSSR count). The monoisotopic (exact) mass is 499 g/mol. The van der Waals surface area contributed by atoms with Crippen molar-refractivity contribution in [1.29, 1.82) is 0 Å². The van der Waals surface area contributed by atoms with Crippen molar-refractivity contribution in [2.45, 2.75) is 33.7 Å². The van der Waals surface area contributed by atoms with E-state index < -0.39 is 23.8 Å². The van der Waals surface area contributed by atoms with Gasteiger partial charge in [0.25, 0.3) is 11.8 Å². The number of imide groups is 1. The van der Waals surface area contributed by atoms with Crippen molar-refractivity contribution in [3.63, 3.8) is 0 Å². The van der Waals surface area contributed by atoms with Gasteiger partial charge in [-0.1, -0.05) is 38.1 Å². The lowest BCUT2D eigenvalue weighted by molar-refractivity contribution is -0.146. The first-order chi connectivity index (χ1) is 17.6. The summed E-state index contributed by atoms with van der Waals surface area (Å²) >= 11 is 0. The number of benzene rings is 3. The summed E-state index contributed by atoms with van der Waals surface area (Å²) in [6.45, 7) is 7.51. The van der Waals surface area contributed by atoms with Crippen LogP contribution < -0.4 is 10.6 Å². The van der Waals surface area contributed by atoms with Gasteiger partial charge in [0.05, 0.1) is 18.2 Å². The average molecular weight is 500 g/mol. The second kappa shape index (κ2) is 10.3. The van der Waals surface area contributed by atoms with Gasteiger partial charge < -0.3 is 15.4 Å². The smallest absolute Gasteiger partial charge is 0.329 e. The molecule has 1 aliphatic rings. The van der Waals surface area contributed by atoms with Gasteiger partial charge in [0.2, 0.25) is 0 Å². The highest BCUT2D eigenvalue weighted by atomic mass is 16.5. The van der Waals surface area contributed by atoms with Crippen LogP contribution in [0.2, 0.25) is 0 Å². The van der Waals surface area contributed by atoms with Crippen LogP contribution in [-0.2, 0) is 9.53 Å². The van der Waals surface area contributed by atoms with E-state index in [2.05, 4.69) is 10.6 Å². The SMILES string of the molecule is COC(=O)C(C(C)C)N1C(=O)c2ccc(-c3ccc(NC(=O)Nc4ccc(C)c(C)c4)cc3)cc2C1=O. The van der Waals surface area contributed by atoms with E-state index in [9.17, 15) is 19.2 Å². The first-order valence-electron chi connectivity index (χ1n) is 12.0. The predicted molar refractivity (Wildman–Crippen MR) is 142 cm³/mol. The molecule has 0 aromatic heterocycles. The predicted octanol–water partition coefficient (Wildman–Crippen LogP) is 5.41. The lowest BCUT2D eigenvalue weighted by Gasteiger charge is -2.26. The number of anilines is 2. The molecule has 3 aromatic rings. The van der Waals surface area contributed by atoms with Gasteiger partial charge in [-0.15, -0.1) is 0 Å². The van der Waals surface area contributed by atoms with E-state index in [0.29, 0.717) is 11.4 Å². The molecule has 0 radical (unpaired) electrons. The number of hydrogen-bond acceptors (Lipinski definition) is 5. The van der Waals surface area contributed by atoms with Crippen molar-refractivity contribution >= 4 is 35.2 Å². The Bertz CT molecular complexity index is 1400. The Morgan fingerprint density at radius 3 is 1.97 bits per heavy atom. The largest absolute Gasteiger partial charge is 0.467 e. The zero-order valence-electron chi connectivity index (χ0n) is 21.4. The molecule has 8 heteroatoms. The highest BCUT2D eigenvalue weighted by Crippen LogP contribution is 2.32. The molecule has 190 valence electrons. The van der Waals surface area contributed by atoms with Crippen molar-refractivity contribution in [1.82, 2.24) is 4.90 Å². The second-order valence-electron chi connectivity index (χ2n) is 9.41. The van der Waals surface area contributed by atoms with E-state index >= 15 is 0 Å². The molecule has 0 saturated carbocycles. The number of methoxy groups -OCH3 is 1. The number of aryl methyl sites for hydroxylation is 2. The summed E-state index contributed by atoms with van der Waals surface area (Å²) in [4.78, 5) is 51.9. The Kier molecular flexibility index (Phi) is 7.11. The summed E-state index contributed by atoms with van der Waals surface area (Å²) < 4.78 is 4.84. The Morgan fingerprint density at radius 1 is 0.757 bits per heavy atom. The quantitative estimate of drug-likeness (QED) is 0.349. The molecular formula is C29H29N3O5. The number of fused-ring (bicyclic) bond motifs is 1. The Morgan fingerprint density at radius 2 is 1.35 bits per heavy atom. The Balaban J connectivity index is 1.50. The summed E-state index contributed by atoms with van der Waals surface area (Å²) in [5, 5.41) is 5.62. The molecule has 8 nitrogen and oxygen atoms in total. The van der Waals surface area contributed by atoms with Crippen molar-refractivity contribution in [3.05, 3.63) is 82.9 Å². The van der Waals surface area contributed by atoms with E-state index in [0.717, 1.165) is 27.2 Å². The maximum absolute atomic E-state index is 13.2. The summed E-state index contributed by atoms with van der Waals surface area (Å²) in [6, 6.07) is 16.5. The number of nitrogens with zero attached hydrogens (tertiary/aromatic N) is 1. The van der Waals surface area contributed by atoms with Gasteiger partial charge in [-0.25, -0.2) is 9.59 Å². The number of ether oxygens (including phenoxy) is 1. The fourth-order valence-corrected chi connectivity index (χ4v) is 4.35. The molecule has 1 atom stereocenters. The van der Waals surface area contributed by atoms with Crippen LogP contribution in [0.3, 0.4) is 0 Å². The standard InChI is InChI=1S/C29H29N3O5/c1-16(2)25(28(35)37-5)32-26(33)23-13-9-20(15-24(23)27(32)34)19-7-11-21(12-8-19)30-29(36)31-22-10-6-17(3)18(4)14-22/h6-16,25H,1-5H3,(H2,30,31,36). The van der Waals surface area contributed by atoms with E-state index in [1.807, 2.05) is 44.2 Å². The minimum absolute atomic E-state index is 0.243. The molecular weight excluding hydrogens is 470 g/mol. The normalized spacial score (nSPS) is 13.4. The number of nitrogens with one attached hydrogen (secondary N) is 2.